The third-order valence-electron chi connectivity index (χ3n) is 6.59. The number of allylic oxidation sites excluding steroid dienone is 1. The summed E-state index contributed by atoms with van der Waals surface area (Å²) in [7, 11) is 0. The van der Waals surface area contributed by atoms with Gasteiger partial charge in [-0.3, -0.25) is 4.79 Å². The number of aromatic nitrogens is 3. The Labute approximate surface area is 224 Å². The number of anilines is 2. The first kappa shape index (κ1) is 23.8. The van der Waals surface area contributed by atoms with Crippen molar-refractivity contribution in [2.24, 2.45) is 0 Å². The summed E-state index contributed by atoms with van der Waals surface area (Å²) in [6, 6.07) is 28.8. The van der Waals surface area contributed by atoms with Crippen molar-refractivity contribution in [1.29, 1.82) is 0 Å². The van der Waals surface area contributed by atoms with Crippen LogP contribution >= 0.6 is 11.6 Å². The zero-order chi connectivity index (χ0) is 26.1. The van der Waals surface area contributed by atoms with E-state index >= 15 is 0 Å². The Morgan fingerprint density at radius 3 is 2.68 bits per heavy atom. The van der Waals surface area contributed by atoms with Gasteiger partial charge < -0.3 is 15.4 Å². The molecule has 0 saturated heterocycles. The summed E-state index contributed by atoms with van der Waals surface area (Å²) in [5.74, 6) is 1.02. The lowest BCUT2D eigenvalue weighted by atomic mass is 9.95. The van der Waals surface area contributed by atoms with Crippen LogP contribution in [0.15, 0.2) is 109 Å². The first-order valence-electron chi connectivity index (χ1n) is 12.2. The topological polar surface area (TPSA) is 81.1 Å². The molecule has 0 spiro atoms. The van der Waals surface area contributed by atoms with Crippen LogP contribution < -0.4 is 15.4 Å². The first-order valence-corrected chi connectivity index (χ1v) is 12.6. The van der Waals surface area contributed by atoms with Crippen LogP contribution in [0.3, 0.4) is 0 Å². The number of hydrogen-bond donors (Lipinski definition) is 2. The van der Waals surface area contributed by atoms with Crippen LogP contribution in [0.4, 0.5) is 11.6 Å². The molecule has 8 heteroatoms. The van der Waals surface area contributed by atoms with Gasteiger partial charge in [-0.25, -0.2) is 4.68 Å². The van der Waals surface area contributed by atoms with Crippen molar-refractivity contribution in [2.75, 3.05) is 10.6 Å². The summed E-state index contributed by atoms with van der Waals surface area (Å²) in [6.07, 6.45) is 1.48. The van der Waals surface area contributed by atoms with Crippen molar-refractivity contribution in [2.45, 2.75) is 19.6 Å². The SMILES string of the molecule is CC1=C(C(=O)Nc2ccc(Cl)cc2)[C@@H](c2cccc(OCc3cccc4ccccc34)c2)n2ncnc2N1. The molecule has 38 heavy (non-hydrogen) atoms. The molecular weight excluding hydrogens is 498 g/mol. The number of halogens is 1. The van der Waals surface area contributed by atoms with Crippen molar-refractivity contribution in [1.82, 2.24) is 14.8 Å². The molecule has 1 aliphatic rings. The second-order valence-corrected chi connectivity index (χ2v) is 9.49. The largest absolute Gasteiger partial charge is 0.489 e. The zero-order valence-corrected chi connectivity index (χ0v) is 21.3. The van der Waals surface area contributed by atoms with Crippen molar-refractivity contribution in [3.05, 3.63) is 125 Å². The summed E-state index contributed by atoms with van der Waals surface area (Å²) in [5.41, 5.74) is 3.84. The van der Waals surface area contributed by atoms with Crippen LogP contribution in [0, 0.1) is 0 Å². The molecule has 4 aromatic carbocycles. The number of carbonyl (C=O) groups excluding carboxylic acids is 1. The Bertz CT molecular complexity index is 1670. The number of ether oxygens (including phenoxy) is 1. The van der Waals surface area contributed by atoms with Crippen molar-refractivity contribution in [3.63, 3.8) is 0 Å². The van der Waals surface area contributed by atoms with Crippen molar-refractivity contribution >= 4 is 39.9 Å². The monoisotopic (exact) mass is 521 g/mol. The van der Waals surface area contributed by atoms with E-state index in [4.69, 9.17) is 16.3 Å². The highest BCUT2D eigenvalue weighted by Crippen LogP contribution is 2.36. The van der Waals surface area contributed by atoms with E-state index in [1.807, 2.05) is 49.4 Å². The van der Waals surface area contributed by atoms with Gasteiger partial charge in [-0.05, 0) is 65.2 Å². The third-order valence-corrected chi connectivity index (χ3v) is 6.84. The van der Waals surface area contributed by atoms with Crippen molar-refractivity contribution in [3.8, 4) is 5.75 Å². The molecule has 1 atom stereocenters. The molecule has 2 N–H and O–H groups in total. The minimum Gasteiger partial charge on any atom is -0.489 e. The molecular formula is C30H24ClN5O2. The highest BCUT2D eigenvalue weighted by molar-refractivity contribution is 6.30. The number of nitrogens with zero attached hydrogens (tertiary/aromatic N) is 3. The van der Waals surface area contributed by atoms with Gasteiger partial charge in [0, 0.05) is 16.4 Å². The molecule has 0 unspecified atom stereocenters. The number of nitrogens with one attached hydrogen (secondary N) is 2. The smallest absolute Gasteiger partial charge is 0.255 e. The molecule has 0 radical (unpaired) electrons. The third kappa shape index (κ3) is 4.60. The van der Waals surface area contributed by atoms with Crippen LogP contribution in [-0.2, 0) is 11.4 Å². The fourth-order valence-electron chi connectivity index (χ4n) is 4.78. The predicted molar refractivity (Wildman–Crippen MR) is 149 cm³/mol. The Kier molecular flexibility index (Phi) is 6.27. The molecule has 5 aromatic rings. The van der Waals surface area contributed by atoms with Crippen LogP contribution in [-0.4, -0.2) is 20.7 Å². The maximum Gasteiger partial charge on any atom is 0.255 e. The Hall–Kier alpha value is -4.62. The zero-order valence-electron chi connectivity index (χ0n) is 20.6. The molecule has 0 bridgehead atoms. The van der Waals surface area contributed by atoms with Gasteiger partial charge in [0.15, 0.2) is 0 Å². The van der Waals surface area contributed by atoms with E-state index in [-0.39, 0.29) is 5.91 Å². The molecule has 6 rings (SSSR count). The van der Waals surface area contributed by atoms with E-state index in [9.17, 15) is 4.79 Å². The van der Waals surface area contributed by atoms with Gasteiger partial charge in [0.2, 0.25) is 5.95 Å². The number of amides is 1. The standard InChI is InChI=1S/C30H24ClN5O2/c1-19-27(29(37)35-24-14-12-23(31)13-15-24)28(36-30(34-19)32-18-33-36)21-8-5-10-25(16-21)38-17-22-9-4-7-20-6-2-3-11-26(20)22/h2-16,18,28H,17H2,1H3,(H,35,37)(H,32,33,34)/t28-/m1/s1. The van der Waals surface area contributed by atoms with Crippen LogP contribution in [0.5, 0.6) is 5.75 Å². The fraction of sp³-hybridized carbons (Fsp3) is 0.100. The van der Waals surface area contributed by atoms with Gasteiger partial charge in [0.1, 0.15) is 24.7 Å². The van der Waals surface area contributed by atoms with E-state index in [0.717, 1.165) is 16.5 Å². The highest BCUT2D eigenvalue weighted by atomic mass is 35.5. The Balaban J connectivity index is 1.31. The highest BCUT2D eigenvalue weighted by Gasteiger charge is 2.33. The number of hydrogen-bond acceptors (Lipinski definition) is 5. The molecule has 0 aliphatic carbocycles. The summed E-state index contributed by atoms with van der Waals surface area (Å²) < 4.78 is 7.96. The van der Waals surface area contributed by atoms with E-state index in [0.29, 0.717) is 40.3 Å². The second kappa shape index (κ2) is 10.0. The van der Waals surface area contributed by atoms with Crippen LogP contribution in [0.1, 0.15) is 24.1 Å². The summed E-state index contributed by atoms with van der Waals surface area (Å²) in [5, 5.41) is 13.5. The number of rotatable bonds is 6. The van der Waals surface area contributed by atoms with Gasteiger partial charge in [0.25, 0.3) is 5.91 Å². The average Bonchev–Trinajstić information content (AvgIpc) is 3.40. The number of benzene rings is 4. The lowest BCUT2D eigenvalue weighted by Crippen LogP contribution is -2.31. The van der Waals surface area contributed by atoms with Gasteiger partial charge in [-0.1, -0.05) is 66.2 Å². The van der Waals surface area contributed by atoms with E-state index < -0.39 is 6.04 Å². The summed E-state index contributed by atoms with van der Waals surface area (Å²) in [4.78, 5) is 17.9. The summed E-state index contributed by atoms with van der Waals surface area (Å²) in [6.45, 7) is 2.28. The molecule has 7 nitrogen and oxygen atoms in total. The number of fused-ring (bicyclic) bond motifs is 2. The van der Waals surface area contributed by atoms with Gasteiger partial charge in [-0.15, -0.1) is 0 Å². The van der Waals surface area contributed by atoms with E-state index in [2.05, 4.69) is 45.0 Å². The minimum absolute atomic E-state index is 0.245. The quantitative estimate of drug-likeness (QED) is 0.263. The molecule has 1 aromatic heterocycles. The van der Waals surface area contributed by atoms with Crippen molar-refractivity contribution < 1.29 is 9.53 Å². The first-order chi connectivity index (χ1) is 18.6. The maximum atomic E-state index is 13.6. The van der Waals surface area contributed by atoms with Gasteiger partial charge in [-0.2, -0.15) is 10.1 Å². The van der Waals surface area contributed by atoms with Crippen LogP contribution in [0.25, 0.3) is 10.8 Å². The Morgan fingerprint density at radius 1 is 1.03 bits per heavy atom. The van der Waals surface area contributed by atoms with Gasteiger partial charge >= 0.3 is 0 Å². The van der Waals surface area contributed by atoms with E-state index in [1.54, 1.807) is 28.9 Å². The second-order valence-electron chi connectivity index (χ2n) is 9.05. The number of carbonyl (C=O) groups is 1. The molecule has 2 heterocycles. The van der Waals surface area contributed by atoms with E-state index in [1.165, 1.54) is 11.7 Å². The molecule has 188 valence electrons. The molecule has 0 saturated carbocycles. The Morgan fingerprint density at radius 2 is 1.82 bits per heavy atom. The minimum atomic E-state index is -0.498. The normalized spacial score (nSPS) is 14.6. The maximum absolute atomic E-state index is 13.6. The molecule has 1 amide bonds. The molecule has 0 fully saturated rings. The molecule has 1 aliphatic heterocycles. The lowest BCUT2D eigenvalue weighted by Gasteiger charge is -2.29. The van der Waals surface area contributed by atoms with Crippen LogP contribution in [0.2, 0.25) is 5.02 Å². The summed E-state index contributed by atoms with van der Waals surface area (Å²) >= 11 is 6.01. The predicted octanol–water partition coefficient (Wildman–Crippen LogP) is 6.59. The lowest BCUT2D eigenvalue weighted by molar-refractivity contribution is -0.113. The van der Waals surface area contributed by atoms with Gasteiger partial charge in [0.05, 0.1) is 5.57 Å². The fourth-order valence-corrected chi connectivity index (χ4v) is 4.90. The average molecular weight is 522 g/mol.